The molecule has 0 spiro atoms. The van der Waals surface area contributed by atoms with Crippen LogP contribution in [0.15, 0.2) is 36.7 Å². The third kappa shape index (κ3) is 2.53. The molecule has 0 saturated carbocycles. The molecular formula is C14H15N3O. The molecule has 2 rings (SSSR count). The number of aromatic nitrogens is 2. The number of nitrogens with zero attached hydrogens (tertiary/aromatic N) is 2. The van der Waals surface area contributed by atoms with Gasteiger partial charge in [0, 0.05) is 23.7 Å². The molecule has 0 aromatic carbocycles. The maximum atomic E-state index is 11.1. The van der Waals surface area contributed by atoms with Gasteiger partial charge < -0.3 is 5.73 Å². The minimum absolute atomic E-state index is 0.277. The van der Waals surface area contributed by atoms with Gasteiger partial charge in [0.2, 0.25) is 0 Å². The first-order chi connectivity index (χ1) is 8.72. The molecule has 18 heavy (non-hydrogen) atoms. The molecule has 0 fully saturated rings. The zero-order chi connectivity index (χ0) is 13.0. The minimum atomic E-state index is -0.516. The van der Waals surface area contributed by atoms with E-state index in [1.807, 2.05) is 18.2 Å². The van der Waals surface area contributed by atoms with E-state index in [1.165, 1.54) is 0 Å². The zero-order valence-corrected chi connectivity index (χ0v) is 10.3. The van der Waals surface area contributed by atoms with E-state index < -0.39 is 5.91 Å². The Hall–Kier alpha value is -2.23. The largest absolute Gasteiger partial charge is 0.364 e. The van der Waals surface area contributed by atoms with Gasteiger partial charge in [-0.3, -0.25) is 14.8 Å². The molecule has 2 heterocycles. The molecule has 1 amide bonds. The monoisotopic (exact) mass is 241 g/mol. The Balaban J connectivity index is 2.48. The smallest absolute Gasteiger partial charge is 0.267 e. The summed E-state index contributed by atoms with van der Waals surface area (Å²) in [5, 5.41) is 0. The molecule has 0 aliphatic carbocycles. The van der Waals surface area contributed by atoms with Crippen LogP contribution in [0.1, 0.15) is 29.5 Å². The Labute approximate surface area is 106 Å². The molecule has 0 radical (unpaired) electrons. The van der Waals surface area contributed by atoms with Gasteiger partial charge in [-0.1, -0.05) is 19.4 Å². The van der Waals surface area contributed by atoms with E-state index in [4.69, 9.17) is 5.73 Å². The average molecular weight is 241 g/mol. The second kappa shape index (κ2) is 5.40. The summed E-state index contributed by atoms with van der Waals surface area (Å²) in [6.45, 7) is 2.11. The second-order valence-electron chi connectivity index (χ2n) is 4.04. The summed E-state index contributed by atoms with van der Waals surface area (Å²) in [7, 11) is 0. The number of amides is 1. The van der Waals surface area contributed by atoms with Crippen molar-refractivity contribution < 1.29 is 4.79 Å². The van der Waals surface area contributed by atoms with Crippen LogP contribution in [0.25, 0.3) is 11.1 Å². The number of hydrogen-bond acceptors (Lipinski definition) is 3. The minimum Gasteiger partial charge on any atom is -0.364 e. The van der Waals surface area contributed by atoms with Gasteiger partial charge in [0.15, 0.2) is 0 Å². The lowest BCUT2D eigenvalue weighted by molar-refractivity contribution is 0.0995. The van der Waals surface area contributed by atoms with Crippen molar-refractivity contribution in [3.63, 3.8) is 0 Å². The van der Waals surface area contributed by atoms with Crippen molar-refractivity contribution in [3.8, 4) is 11.1 Å². The fraction of sp³-hybridized carbons (Fsp3) is 0.214. The highest BCUT2D eigenvalue weighted by molar-refractivity contribution is 5.92. The van der Waals surface area contributed by atoms with Crippen LogP contribution in [0.3, 0.4) is 0 Å². The van der Waals surface area contributed by atoms with Crippen molar-refractivity contribution in [1.29, 1.82) is 0 Å². The summed E-state index contributed by atoms with van der Waals surface area (Å²) in [6.07, 6.45) is 5.31. The Morgan fingerprint density at radius 2 is 2.11 bits per heavy atom. The fourth-order valence-electron chi connectivity index (χ4n) is 1.87. The van der Waals surface area contributed by atoms with Crippen molar-refractivity contribution in [2.24, 2.45) is 5.73 Å². The number of carbonyl (C=O) groups is 1. The van der Waals surface area contributed by atoms with Crippen molar-refractivity contribution in [1.82, 2.24) is 9.97 Å². The van der Waals surface area contributed by atoms with Gasteiger partial charge in [0.05, 0.1) is 0 Å². The maximum absolute atomic E-state index is 11.1. The fourth-order valence-corrected chi connectivity index (χ4v) is 1.87. The molecule has 2 N–H and O–H groups in total. The van der Waals surface area contributed by atoms with Gasteiger partial charge in [-0.25, -0.2) is 0 Å². The Morgan fingerprint density at radius 3 is 2.83 bits per heavy atom. The number of primary amides is 1. The number of aryl methyl sites for hydroxylation is 1. The highest BCUT2D eigenvalue weighted by Gasteiger charge is 2.08. The van der Waals surface area contributed by atoms with Crippen molar-refractivity contribution in [2.75, 3.05) is 0 Å². The molecule has 0 aliphatic rings. The van der Waals surface area contributed by atoms with Gasteiger partial charge in [-0.2, -0.15) is 0 Å². The number of pyridine rings is 2. The van der Waals surface area contributed by atoms with E-state index in [2.05, 4.69) is 16.9 Å². The summed E-state index contributed by atoms with van der Waals surface area (Å²) >= 11 is 0. The normalized spacial score (nSPS) is 10.3. The SMILES string of the molecule is CCCc1ncccc1-c1ccnc(C(N)=O)c1. The molecule has 2 aromatic rings. The maximum Gasteiger partial charge on any atom is 0.267 e. The van der Waals surface area contributed by atoms with E-state index in [0.29, 0.717) is 0 Å². The first-order valence-electron chi connectivity index (χ1n) is 5.92. The van der Waals surface area contributed by atoms with Crippen LogP contribution in [0, 0.1) is 0 Å². The number of carbonyl (C=O) groups excluding carboxylic acids is 1. The Kier molecular flexibility index (Phi) is 3.67. The lowest BCUT2D eigenvalue weighted by Crippen LogP contribution is -2.12. The lowest BCUT2D eigenvalue weighted by Gasteiger charge is -2.08. The van der Waals surface area contributed by atoms with E-state index >= 15 is 0 Å². The first kappa shape index (κ1) is 12.2. The average Bonchev–Trinajstić information content (AvgIpc) is 2.40. The number of rotatable bonds is 4. The van der Waals surface area contributed by atoms with Crippen LogP contribution in [0.2, 0.25) is 0 Å². The highest BCUT2D eigenvalue weighted by atomic mass is 16.1. The predicted molar refractivity (Wildman–Crippen MR) is 70.0 cm³/mol. The van der Waals surface area contributed by atoms with Crippen LogP contribution in [-0.4, -0.2) is 15.9 Å². The molecule has 0 unspecified atom stereocenters. The van der Waals surface area contributed by atoms with Crippen molar-refractivity contribution in [3.05, 3.63) is 48.0 Å². The lowest BCUT2D eigenvalue weighted by atomic mass is 10.0. The summed E-state index contributed by atoms with van der Waals surface area (Å²) < 4.78 is 0. The molecule has 0 aliphatic heterocycles. The first-order valence-corrected chi connectivity index (χ1v) is 5.92. The summed E-state index contributed by atoms with van der Waals surface area (Å²) in [6, 6.07) is 7.46. The number of nitrogens with two attached hydrogens (primary N) is 1. The molecule has 0 saturated heterocycles. The van der Waals surface area contributed by atoms with E-state index in [1.54, 1.807) is 18.5 Å². The predicted octanol–water partition coefficient (Wildman–Crippen LogP) is 2.20. The molecule has 4 nitrogen and oxygen atoms in total. The number of hydrogen-bond donors (Lipinski definition) is 1. The van der Waals surface area contributed by atoms with Gasteiger partial charge in [-0.05, 0) is 30.2 Å². The standard InChI is InChI=1S/C14H15N3O/c1-2-4-12-11(5-3-7-16-12)10-6-8-17-13(9-10)14(15)18/h3,5-9H,2,4H2,1H3,(H2,15,18). The van der Waals surface area contributed by atoms with Gasteiger partial charge in [-0.15, -0.1) is 0 Å². The quantitative estimate of drug-likeness (QED) is 0.892. The summed E-state index contributed by atoms with van der Waals surface area (Å²) in [5.74, 6) is -0.516. The molecule has 2 aromatic heterocycles. The molecule has 92 valence electrons. The van der Waals surface area contributed by atoms with Crippen LogP contribution < -0.4 is 5.73 Å². The van der Waals surface area contributed by atoms with E-state index in [9.17, 15) is 4.79 Å². The Bertz CT molecular complexity index is 566. The second-order valence-corrected chi connectivity index (χ2v) is 4.04. The van der Waals surface area contributed by atoms with E-state index in [0.717, 1.165) is 29.7 Å². The van der Waals surface area contributed by atoms with Crippen molar-refractivity contribution in [2.45, 2.75) is 19.8 Å². The van der Waals surface area contributed by atoms with Gasteiger partial charge in [0.25, 0.3) is 5.91 Å². The molecule has 0 atom stereocenters. The van der Waals surface area contributed by atoms with Crippen LogP contribution in [0.4, 0.5) is 0 Å². The van der Waals surface area contributed by atoms with Crippen LogP contribution >= 0.6 is 0 Å². The third-order valence-electron chi connectivity index (χ3n) is 2.70. The van der Waals surface area contributed by atoms with Crippen LogP contribution in [0.5, 0.6) is 0 Å². The molecule has 4 heteroatoms. The summed E-state index contributed by atoms with van der Waals surface area (Å²) in [4.78, 5) is 19.5. The molecular weight excluding hydrogens is 226 g/mol. The third-order valence-corrected chi connectivity index (χ3v) is 2.70. The highest BCUT2D eigenvalue weighted by Crippen LogP contribution is 2.23. The van der Waals surface area contributed by atoms with Gasteiger partial charge >= 0.3 is 0 Å². The van der Waals surface area contributed by atoms with Crippen molar-refractivity contribution >= 4 is 5.91 Å². The molecule has 0 bridgehead atoms. The van der Waals surface area contributed by atoms with E-state index in [-0.39, 0.29) is 5.69 Å². The van der Waals surface area contributed by atoms with Crippen LogP contribution in [-0.2, 0) is 6.42 Å². The Morgan fingerprint density at radius 1 is 1.28 bits per heavy atom. The zero-order valence-electron chi connectivity index (χ0n) is 10.3. The summed E-state index contributed by atoms with van der Waals surface area (Å²) in [5.41, 5.74) is 8.50. The van der Waals surface area contributed by atoms with Gasteiger partial charge in [0.1, 0.15) is 5.69 Å². The topological polar surface area (TPSA) is 68.9 Å².